The molecule has 3 unspecified atom stereocenters. The molecule has 0 fully saturated rings. The fourth-order valence-corrected chi connectivity index (χ4v) is 5.61. The summed E-state index contributed by atoms with van der Waals surface area (Å²) < 4.78 is 10.7. The maximum atomic E-state index is 12.8. The van der Waals surface area contributed by atoms with Crippen molar-refractivity contribution in [2.24, 2.45) is 17.6 Å². The molecule has 1 aliphatic rings. The van der Waals surface area contributed by atoms with Crippen LogP contribution in [0, 0.1) is 11.8 Å². The van der Waals surface area contributed by atoms with Crippen molar-refractivity contribution < 1.29 is 29.3 Å². The average Bonchev–Trinajstić information content (AvgIpc) is 3.40. The van der Waals surface area contributed by atoms with Crippen molar-refractivity contribution in [1.29, 1.82) is 0 Å². The van der Waals surface area contributed by atoms with Gasteiger partial charge in [0, 0.05) is 45.3 Å². The summed E-state index contributed by atoms with van der Waals surface area (Å²) in [5.41, 5.74) is 10.5. The van der Waals surface area contributed by atoms with Gasteiger partial charge in [-0.15, -0.1) is 0 Å². The number of aliphatic hydroxyl groups excluding tert-OH is 1. The molecule has 0 spiro atoms. The second-order valence-electron chi connectivity index (χ2n) is 11.1. The van der Waals surface area contributed by atoms with E-state index < -0.39 is 6.10 Å². The van der Waals surface area contributed by atoms with Crippen LogP contribution < -0.4 is 15.8 Å². The summed E-state index contributed by atoms with van der Waals surface area (Å²) in [6.07, 6.45) is 13.5. The number of esters is 1. The van der Waals surface area contributed by atoms with Gasteiger partial charge in [0.05, 0.1) is 12.9 Å². The van der Waals surface area contributed by atoms with Gasteiger partial charge >= 0.3 is 5.97 Å². The maximum Gasteiger partial charge on any atom is 0.302 e. The largest absolute Gasteiger partial charge is 0.504 e. The minimum absolute atomic E-state index is 0.0334. The van der Waals surface area contributed by atoms with Crippen LogP contribution in [0.1, 0.15) is 69.1 Å². The molecule has 3 atom stereocenters. The van der Waals surface area contributed by atoms with Crippen molar-refractivity contribution in [2.45, 2.75) is 77.7 Å². The van der Waals surface area contributed by atoms with Crippen LogP contribution in [-0.4, -0.2) is 53.3 Å². The molecule has 2 heterocycles. The minimum Gasteiger partial charge on any atom is -0.504 e. The number of aliphatic hydroxyl groups is 1. The molecular weight excluding hydrogens is 534 g/mol. The van der Waals surface area contributed by atoms with Gasteiger partial charge in [0.2, 0.25) is 0 Å². The number of allylic oxidation sites excluding steroid dienone is 2. The highest BCUT2D eigenvalue weighted by Crippen LogP contribution is 2.29. The molecule has 6 N–H and O–H groups in total. The number of nitrogens with one attached hydrogen (secondary N) is 2. The molecule has 2 aromatic rings. The fraction of sp³-hybridized carbons (Fsp3) is 0.515. The number of dihydropyridines is 1. The monoisotopic (exact) mass is 581 g/mol. The van der Waals surface area contributed by atoms with Crippen LogP contribution in [0.2, 0.25) is 0 Å². The van der Waals surface area contributed by atoms with E-state index in [4.69, 9.17) is 15.2 Å². The number of hydrogen-bond acceptors (Lipinski definition) is 8. The van der Waals surface area contributed by atoms with Gasteiger partial charge in [-0.1, -0.05) is 25.5 Å². The lowest BCUT2D eigenvalue weighted by Gasteiger charge is -2.23. The van der Waals surface area contributed by atoms with E-state index in [0.717, 1.165) is 36.8 Å². The van der Waals surface area contributed by atoms with E-state index in [1.165, 1.54) is 25.2 Å². The molecular formula is C33H47N3O6. The third kappa shape index (κ3) is 10.3. The van der Waals surface area contributed by atoms with Crippen molar-refractivity contribution in [1.82, 2.24) is 10.3 Å². The Kier molecular flexibility index (Phi) is 13.0. The zero-order valence-corrected chi connectivity index (χ0v) is 25.2. The quantitative estimate of drug-likeness (QED) is 0.162. The number of ketones is 1. The Morgan fingerprint density at radius 3 is 2.55 bits per heavy atom. The molecule has 0 radical (unpaired) electrons. The number of rotatable bonds is 18. The van der Waals surface area contributed by atoms with E-state index in [1.807, 2.05) is 12.3 Å². The molecule has 1 aromatic carbocycles. The zero-order valence-electron chi connectivity index (χ0n) is 25.2. The number of aromatic amines is 1. The summed E-state index contributed by atoms with van der Waals surface area (Å²) in [5.74, 6) is 1.28. The van der Waals surface area contributed by atoms with E-state index in [2.05, 4.69) is 29.5 Å². The zero-order chi connectivity index (χ0) is 30.5. The first kappa shape index (κ1) is 32.8. The van der Waals surface area contributed by atoms with Crippen LogP contribution in [0.15, 0.2) is 54.1 Å². The predicted octanol–water partition coefficient (Wildman–Crippen LogP) is 4.47. The van der Waals surface area contributed by atoms with Gasteiger partial charge in [-0.3, -0.25) is 9.59 Å². The highest BCUT2D eigenvalue weighted by atomic mass is 16.5. The molecule has 0 saturated carbocycles. The third-order valence-corrected chi connectivity index (χ3v) is 8.02. The summed E-state index contributed by atoms with van der Waals surface area (Å²) in [6.45, 7) is 4.35. The summed E-state index contributed by atoms with van der Waals surface area (Å²) in [7, 11) is 1.49. The number of methoxy groups -OCH3 is 1. The Bertz CT molecular complexity index is 1230. The standard InChI is InChI=1S/C33H47N3O6/c1-4-23(15-27-20-35-21-28(27)17-26(12-14-37)25-11-13-36-33(34)18-25)6-9-30(42-22(2)38)19-29(39)8-5-24-7-10-31(40)32(16-24)41-3/h7,10-11,16,18,20-21,23,26,30,35-37,40H,4-6,8-9,12-15,17,19,34H2,1-3H3. The Morgan fingerprint density at radius 2 is 1.88 bits per heavy atom. The first-order valence-electron chi connectivity index (χ1n) is 14.9. The van der Waals surface area contributed by atoms with E-state index in [9.17, 15) is 19.8 Å². The number of aromatic hydroxyl groups is 1. The number of hydrogen-bond donors (Lipinski definition) is 5. The number of benzene rings is 1. The predicted molar refractivity (Wildman–Crippen MR) is 163 cm³/mol. The van der Waals surface area contributed by atoms with E-state index >= 15 is 0 Å². The van der Waals surface area contributed by atoms with Crippen molar-refractivity contribution in [3.8, 4) is 11.5 Å². The Balaban J connectivity index is 1.57. The lowest BCUT2D eigenvalue weighted by Crippen LogP contribution is -2.25. The van der Waals surface area contributed by atoms with Crippen molar-refractivity contribution in [3.05, 3.63) is 70.8 Å². The van der Waals surface area contributed by atoms with Gasteiger partial charge in [-0.25, -0.2) is 0 Å². The number of nitrogens with two attached hydrogens (primary N) is 1. The molecule has 0 bridgehead atoms. The fourth-order valence-electron chi connectivity index (χ4n) is 5.61. The molecule has 1 aliphatic heterocycles. The van der Waals surface area contributed by atoms with Crippen molar-refractivity contribution >= 4 is 11.8 Å². The average molecular weight is 582 g/mol. The lowest BCUT2D eigenvalue weighted by molar-refractivity contribution is -0.148. The number of H-pyrrole nitrogens is 1. The Hall–Kier alpha value is -3.72. The van der Waals surface area contributed by atoms with Crippen LogP contribution in [0.25, 0.3) is 0 Å². The number of phenolic OH excluding ortho intramolecular Hbond substituents is 1. The summed E-state index contributed by atoms with van der Waals surface area (Å²) in [4.78, 5) is 27.9. The minimum atomic E-state index is -0.456. The second kappa shape index (κ2) is 16.7. The number of aryl methyl sites for hydroxylation is 1. The van der Waals surface area contributed by atoms with Gasteiger partial charge in [0.1, 0.15) is 11.9 Å². The smallest absolute Gasteiger partial charge is 0.302 e. The van der Waals surface area contributed by atoms with E-state index in [-0.39, 0.29) is 36.4 Å². The summed E-state index contributed by atoms with van der Waals surface area (Å²) >= 11 is 0. The maximum absolute atomic E-state index is 12.8. The molecule has 0 amide bonds. The van der Waals surface area contributed by atoms with Gasteiger partial charge in [-0.2, -0.15) is 0 Å². The first-order chi connectivity index (χ1) is 20.2. The molecule has 42 heavy (non-hydrogen) atoms. The van der Waals surface area contributed by atoms with Gasteiger partial charge in [0.25, 0.3) is 0 Å². The SMILES string of the molecule is CCC(CCC(CC(=O)CCc1ccc(O)c(OC)c1)OC(C)=O)Cc1c[nH]cc1CC(CCO)C1=CCNC(N)=C1. The van der Waals surface area contributed by atoms with Crippen LogP contribution in [0.3, 0.4) is 0 Å². The topological polar surface area (TPSA) is 147 Å². The number of ether oxygens (including phenoxy) is 2. The number of phenols is 1. The Labute approximate surface area is 249 Å². The number of carbonyl (C=O) groups excluding carboxylic acids is 2. The Morgan fingerprint density at radius 1 is 1.12 bits per heavy atom. The lowest BCUT2D eigenvalue weighted by atomic mass is 9.85. The number of aromatic nitrogens is 1. The van der Waals surface area contributed by atoms with Gasteiger partial charge in [-0.05, 0) is 90.8 Å². The van der Waals surface area contributed by atoms with Crippen molar-refractivity contribution in [2.75, 3.05) is 20.3 Å². The number of Topliss-reactive ketones (excluding diaryl/α,β-unsaturated/α-hetero) is 1. The van der Waals surface area contributed by atoms with Gasteiger partial charge < -0.3 is 35.7 Å². The molecule has 9 heteroatoms. The summed E-state index contributed by atoms with van der Waals surface area (Å²) in [6, 6.07) is 5.07. The number of carbonyl (C=O) groups is 2. The molecule has 9 nitrogen and oxygen atoms in total. The highest BCUT2D eigenvalue weighted by molar-refractivity contribution is 5.79. The van der Waals surface area contributed by atoms with Crippen molar-refractivity contribution in [3.63, 3.8) is 0 Å². The molecule has 230 valence electrons. The molecule has 0 aliphatic carbocycles. The van der Waals surface area contributed by atoms with E-state index in [1.54, 1.807) is 18.2 Å². The molecule has 0 saturated heterocycles. The van der Waals surface area contributed by atoms with Crippen LogP contribution in [0.5, 0.6) is 11.5 Å². The van der Waals surface area contributed by atoms with Crippen LogP contribution in [-0.2, 0) is 33.6 Å². The van der Waals surface area contributed by atoms with E-state index in [0.29, 0.717) is 49.7 Å². The first-order valence-corrected chi connectivity index (χ1v) is 14.9. The highest BCUT2D eigenvalue weighted by Gasteiger charge is 2.22. The van der Waals surface area contributed by atoms with Crippen LogP contribution >= 0.6 is 0 Å². The normalized spacial score (nSPS) is 15.1. The van der Waals surface area contributed by atoms with Gasteiger partial charge in [0.15, 0.2) is 11.5 Å². The third-order valence-electron chi connectivity index (χ3n) is 8.02. The summed E-state index contributed by atoms with van der Waals surface area (Å²) in [5, 5.41) is 22.6. The van der Waals surface area contributed by atoms with Crippen LogP contribution in [0.4, 0.5) is 0 Å². The molecule has 1 aromatic heterocycles. The second-order valence-corrected chi connectivity index (χ2v) is 11.1. The molecule has 3 rings (SSSR count).